The standard InChI is InChI=1S/C19H20ClN3O3/c1-9-5-11(3-4-21-9)16-17(15-7-14(24)18(16)26-15)19(25)23-12-6-13(20)10(2)22-8-12/h3-6,8,14-18,24H,7H2,1-2H3,(H,23,25). The second kappa shape index (κ2) is 6.61. The van der Waals surface area contributed by atoms with Crippen LogP contribution in [-0.2, 0) is 9.53 Å². The number of aryl methyl sites for hydroxylation is 2. The van der Waals surface area contributed by atoms with Crippen molar-refractivity contribution >= 4 is 23.2 Å². The smallest absolute Gasteiger partial charge is 0.230 e. The van der Waals surface area contributed by atoms with E-state index in [1.165, 1.54) is 0 Å². The summed E-state index contributed by atoms with van der Waals surface area (Å²) in [7, 11) is 0. The zero-order valence-corrected chi connectivity index (χ0v) is 15.3. The van der Waals surface area contributed by atoms with Crippen molar-refractivity contribution in [3.8, 4) is 0 Å². The molecule has 26 heavy (non-hydrogen) atoms. The van der Waals surface area contributed by atoms with E-state index in [4.69, 9.17) is 16.3 Å². The number of nitrogens with one attached hydrogen (secondary N) is 1. The van der Waals surface area contributed by atoms with Gasteiger partial charge in [0.05, 0.1) is 46.8 Å². The van der Waals surface area contributed by atoms with E-state index in [-0.39, 0.29) is 30.0 Å². The molecule has 0 aliphatic carbocycles. The van der Waals surface area contributed by atoms with Gasteiger partial charge in [0.2, 0.25) is 5.91 Å². The lowest BCUT2D eigenvalue weighted by atomic mass is 9.74. The number of halogens is 1. The van der Waals surface area contributed by atoms with E-state index in [2.05, 4.69) is 15.3 Å². The molecule has 2 aromatic rings. The van der Waals surface area contributed by atoms with Crippen molar-refractivity contribution in [2.24, 2.45) is 5.92 Å². The van der Waals surface area contributed by atoms with Gasteiger partial charge in [-0.1, -0.05) is 11.6 Å². The second-order valence-corrected chi connectivity index (χ2v) is 7.41. The predicted octanol–water partition coefficient (Wildman–Crippen LogP) is 2.62. The Kier molecular flexibility index (Phi) is 4.42. The minimum absolute atomic E-state index is 0.148. The number of aliphatic hydroxyl groups excluding tert-OH is 1. The largest absolute Gasteiger partial charge is 0.390 e. The molecule has 2 N–H and O–H groups in total. The molecule has 2 saturated heterocycles. The van der Waals surface area contributed by atoms with Gasteiger partial charge in [-0.15, -0.1) is 0 Å². The maximum Gasteiger partial charge on any atom is 0.230 e. The SMILES string of the molecule is Cc1cc(C2C3OC(CC3O)C2C(=O)Nc2cnc(C)c(Cl)c2)ccn1. The van der Waals surface area contributed by atoms with Gasteiger partial charge in [0.15, 0.2) is 0 Å². The first-order valence-corrected chi connectivity index (χ1v) is 9.01. The molecule has 4 heterocycles. The number of ether oxygens (including phenoxy) is 1. The summed E-state index contributed by atoms with van der Waals surface area (Å²) < 4.78 is 5.93. The van der Waals surface area contributed by atoms with Crippen molar-refractivity contribution in [2.75, 3.05) is 5.32 Å². The molecule has 2 aliphatic rings. The van der Waals surface area contributed by atoms with E-state index in [0.717, 1.165) is 11.3 Å². The molecule has 4 rings (SSSR count). The van der Waals surface area contributed by atoms with Gasteiger partial charge < -0.3 is 15.2 Å². The van der Waals surface area contributed by atoms with Gasteiger partial charge in [-0.25, -0.2) is 0 Å². The van der Waals surface area contributed by atoms with Crippen LogP contribution in [0.2, 0.25) is 5.02 Å². The third-order valence-corrected chi connectivity index (χ3v) is 5.61. The fourth-order valence-electron chi connectivity index (χ4n) is 4.02. The summed E-state index contributed by atoms with van der Waals surface area (Å²) in [6, 6.07) is 5.53. The van der Waals surface area contributed by atoms with Gasteiger partial charge in [-0.3, -0.25) is 14.8 Å². The highest BCUT2D eigenvalue weighted by Crippen LogP contribution is 2.49. The van der Waals surface area contributed by atoms with E-state index in [1.54, 1.807) is 25.4 Å². The first kappa shape index (κ1) is 17.4. The molecule has 6 nitrogen and oxygen atoms in total. The molecular formula is C19H20ClN3O3. The van der Waals surface area contributed by atoms with Crippen LogP contribution in [0.4, 0.5) is 5.69 Å². The molecule has 5 unspecified atom stereocenters. The van der Waals surface area contributed by atoms with Crippen LogP contribution in [-0.4, -0.2) is 39.3 Å². The molecule has 0 radical (unpaired) electrons. The summed E-state index contributed by atoms with van der Waals surface area (Å²) in [5.74, 6) is -0.741. The van der Waals surface area contributed by atoms with Gasteiger partial charge >= 0.3 is 0 Å². The number of amides is 1. The third-order valence-electron chi connectivity index (χ3n) is 5.23. The molecule has 136 valence electrons. The summed E-state index contributed by atoms with van der Waals surface area (Å²) in [6.07, 6.45) is 2.54. The minimum Gasteiger partial charge on any atom is -0.390 e. The first-order valence-electron chi connectivity index (χ1n) is 8.63. The average molecular weight is 374 g/mol. The molecule has 7 heteroatoms. The van der Waals surface area contributed by atoms with Gasteiger partial charge in [0.25, 0.3) is 0 Å². The molecule has 2 aromatic heterocycles. The lowest BCUT2D eigenvalue weighted by molar-refractivity contribution is -0.121. The molecule has 5 atom stereocenters. The Hall–Kier alpha value is -2.02. The van der Waals surface area contributed by atoms with Crippen molar-refractivity contribution in [2.45, 2.75) is 44.5 Å². The van der Waals surface area contributed by atoms with E-state index >= 15 is 0 Å². The molecule has 0 aromatic carbocycles. The number of anilines is 1. The number of hydrogen-bond acceptors (Lipinski definition) is 5. The molecule has 0 saturated carbocycles. The Morgan fingerprint density at radius 2 is 2.15 bits per heavy atom. The summed E-state index contributed by atoms with van der Waals surface area (Å²) in [6.45, 7) is 3.71. The summed E-state index contributed by atoms with van der Waals surface area (Å²) in [4.78, 5) is 21.4. The lowest BCUT2D eigenvalue weighted by Crippen LogP contribution is -2.41. The highest BCUT2D eigenvalue weighted by molar-refractivity contribution is 6.31. The predicted molar refractivity (Wildman–Crippen MR) is 97.1 cm³/mol. The minimum atomic E-state index is -0.557. The van der Waals surface area contributed by atoms with Crippen molar-refractivity contribution in [1.29, 1.82) is 0 Å². The topological polar surface area (TPSA) is 84.3 Å². The molecule has 2 fully saturated rings. The normalized spacial score (nSPS) is 29.8. The van der Waals surface area contributed by atoms with Crippen molar-refractivity contribution in [3.05, 3.63) is 52.6 Å². The number of aromatic nitrogens is 2. The van der Waals surface area contributed by atoms with Crippen molar-refractivity contribution < 1.29 is 14.6 Å². The van der Waals surface area contributed by atoms with Gasteiger partial charge in [-0.2, -0.15) is 0 Å². The fourth-order valence-corrected chi connectivity index (χ4v) is 4.18. The molecular weight excluding hydrogens is 354 g/mol. The van der Waals surface area contributed by atoms with Crippen LogP contribution < -0.4 is 5.32 Å². The molecule has 1 amide bonds. The highest BCUT2D eigenvalue weighted by atomic mass is 35.5. The number of rotatable bonds is 3. The number of fused-ring (bicyclic) bond motifs is 2. The van der Waals surface area contributed by atoms with Crippen LogP contribution >= 0.6 is 11.6 Å². The Balaban J connectivity index is 1.62. The zero-order chi connectivity index (χ0) is 18.4. The third kappa shape index (κ3) is 2.98. The Labute approximate surface area is 156 Å². The van der Waals surface area contributed by atoms with E-state index in [0.29, 0.717) is 22.8 Å². The summed E-state index contributed by atoms with van der Waals surface area (Å²) in [5.41, 5.74) is 3.09. The van der Waals surface area contributed by atoms with E-state index in [9.17, 15) is 9.90 Å². The molecule has 0 spiro atoms. The van der Waals surface area contributed by atoms with Crippen molar-refractivity contribution in [3.63, 3.8) is 0 Å². The molecule has 2 aliphatic heterocycles. The van der Waals surface area contributed by atoms with Crippen LogP contribution in [0.5, 0.6) is 0 Å². The highest BCUT2D eigenvalue weighted by Gasteiger charge is 2.56. The van der Waals surface area contributed by atoms with Crippen LogP contribution in [0.15, 0.2) is 30.6 Å². The number of nitrogens with zero attached hydrogens (tertiary/aromatic N) is 2. The number of pyridine rings is 2. The quantitative estimate of drug-likeness (QED) is 0.864. The number of carbonyl (C=O) groups is 1. The van der Waals surface area contributed by atoms with E-state index < -0.39 is 6.10 Å². The maximum atomic E-state index is 13.0. The lowest BCUT2D eigenvalue weighted by Gasteiger charge is -2.30. The second-order valence-electron chi connectivity index (χ2n) is 7.00. The van der Waals surface area contributed by atoms with Crippen LogP contribution in [0.3, 0.4) is 0 Å². The van der Waals surface area contributed by atoms with Gasteiger partial charge in [0, 0.05) is 24.2 Å². The Bertz CT molecular complexity index is 860. The first-order chi connectivity index (χ1) is 12.4. The fraction of sp³-hybridized carbons (Fsp3) is 0.421. The van der Waals surface area contributed by atoms with Crippen LogP contribution in [0.1, 0.15) is 29.3 Å². The maximum absolute atomic E-state index is 13.0. The summed E-state index contributed by atoms with van der Waals surface area (Å²) in [5, 5.41) is 13.7. The van der Waals surface area contributed by atoms with Crippen molar-refractivity contribution in [1.82, 2.24) is 9.97 Å². The average Bonchev–Trinajstić information content (AvgIpc) is 3.15. The van der Waals surface area contributed by atoms with Crippen LogP contribution in [0.25, 0.3) is 0 Å². The van der Waals surface area contributed by atoms with Gasteiger partial charge in [0.1, 0.15) is 0 Å². The Morgan fingerprint density at radius 3 is 2.88 bits per heavy atom. The van der Waals surface area contributed by atoms with Crippen LogP contribution in [0, 0.1) is 19.8 Å². The monoisotopic (exact) mass is 373 g/mol. The van der Waals surface area contributed by atoms with Gasteiger partial charge in [-0.05, 0) is 37.6 Å². The number of aliphatic hydroxyl groups is 1. The number of hydrogen-bond donors (Lipinski definition) is 2. The van der Waals surface area contributed by atoms with E-state index in [1.807, 2.05) is 19.1 Å². The Morgan fingerprint density at radius 1 is 1.35 bits per heavy atom. The number of carbonyl (C=O) groups excluding carboxylic acids is 1. The summed E-state index contributed by atoms with van der Waals surface area (Å²) >= 11 is 6.10. The zero-order valence-electron chi connectivity index (χ0n) is 14.5. The molecule has 2 bridgehead atoms.